The molecule has 0 fully saturated rings. The molecule has 1 aromatic carbocycles. The molecule has 0 aliphatic carbocycles. The number of benzene rings is 1. The Hall–Kier alpha value is -1.97. The van der Waals surface area contributed by atoms with Crippen LogP contribution in [0.4, 0.5) is 0 Å². The van der Waals surface area contributed by atoms with Crippen LogP contribution in [0.1, 0.15) is 48.5 Å². The molecule has 0 heterocycles. The second kappa shape index (κ2) is 8.25. The Morgan fingerprint density at radius 2 is 1.55 bits per heavy atom. The SMILES string of the molecule is CCOC(=O)CCC(=O)CCC(=O)c1ccc(C)cc1. The third-order valence-electron chi connectivity index (χ3n) is 2.92. The quantitative estimate of drug-likeness (QED) is 0.541. The summed E-state index contributed by atoms with van der Waals surface area (Å²) in [5, 5.41) is 0. The van der Waals surface area contributed by atoms with Gasteiger partial charge in [-0.3, -0.25) is 14.4 Å². The largest absolute Gasteiger partial charge is 0.466 e. The summed E-state index contributed by atoms with van der Waals surface area (Å²) < 4.78 is 4.74. The van der Waals surface area contributed by atoms with E-state index in [1.807, 2.05) is 19.1 Å². The number of carbonyl (C=O) groups is 3. The number of esters is 1. The number of Topliss-reactive ketones (excluding diaryl/α,β-unsaturated/α-hetero) is 2. The molecule has 0 aliphatic rings. The van der Waals surface area contributed by atoms with Gasteiger partial charge in [0.25, 0.3) is 0 Å². The van der Waals surface area contributed by atoms with Gasteiger partial charge in [-0.05, 0) is 13.8 Å². The summed E-state index contributed by atoms with van der Waals surface area (Å²) in [6.45, 7) is 3.99. The number of rotatable bonds is 8. The summed E-state index contributed by atoms with van der Waals surface area (Å²) in [5.41, 5.74) is 1.71. The van der Waals surface area contributed by atoms with Crippen molar-refractivity contribution in [1.29, 1.82) is 0 Å². The van der Waals surface area contributed by atoms with Gasteiger partial charge < -0.3 is 4.74 Å². The Morgan fingerprint density at radius 1 is 0.950 bits per heavy atom. The van der Waals surface area contributed by atoms with Gasteiger partial charge in [0, 0.05) is 24.8 Å². The number of hydrogen-bond donors (Lipinski definition) is 0. The van der Waals surface area contributed by atoms with E-state index in [1.165, 1.54) is 0 Å². The van der Waals surface area contributed by atoms with Crippen molar-refractivity contribution in [3.63, 3.8) is 0 Å². The van der Waals surface area contributed by atoms with E-state index < -0.39 is 0 Å². The summed E-state index contributed by atoms with van der Waals surface area (Å²) in [6.07, 6.45) is 0.586. The molecule has 0 spiro atoms. The van der Waals surface area contributed by atoms with Gasteiger partial charge in [-0.25, -0.2) is 0 Å². The van der Waals surface area contributed by atoms with E-state index in [0.717, 1.165) is 5.56 Å². The van der Waals surface area contributed by atoms with Crippen LogP contribution in [-0.2, 0) is 14.3 Å². The number of carbonyl (C=O) groups excluding carboxylic acids is 3. The fraction of sp³-hybridized carbons (Fsp3) is 0.438. The minimum atomic E-state index is -0.370. The average Bonchev–Trinajstić information content (AvgIpc) is 2.43. The normalized spacial score (nSPS) is 10.1. The Balaban J connectivity index is 2.32. The lowest BCUT2D eigenvalue weighted by Crippen LogP contribution is -2.09. The first-order valence-corrected chi connectivity index (χ1v) is 6.80. The smallest absolute Gasteiger partial charge is 0.306 e. The highest BCUT2D eigenvalue weighted by Gasteiger charge is 2.11. The molecule has 1 aromatic rings. The predicted molar refractivity (Wildman–Crippen MR) is 75.6 cm³/mol. The Kier molecular flexibility index (Phi) is 6.64. The number of ketones is 2. The summed E-state index contributed by atoms with van der Waals surface area (Å²) in [7, 11) is 0. The van der Waals surface area contributed by atoms with Gasteiger partial charge in [0.15, 0.2) is 5.78 Å². The molecule has 20 heavy (non-hydrogen) atoms. The van der Waals surface area contributed by atoms with Crippen LogP contribution in [0.5, 0.6) is 0 Å². The molecule has 0 aliphatic heterocycles. The van der Waals surface area contributed by atoms with Gasteiger partial charge in [0.05, 0.1) is 13.0 Å². The molecule has 0 saturated carbocycles. The van der Waals surface area contributed by atoms with Crippen LogP contribution < -0.4 is 0 Å². The first kappa shape index (κ1) is 16.1. The van der Waals surface area contributed by atoms with Crippen molar-refractivity contribution in [3.8, 4) is 0 Å². The van der Waals surface area contributed by atoms with E-state index in [4.69, 9.17) is 4.74 Å². The molecular formula is C16H20O4. The molecule has 0 bridgehead atoms. The fourth-order valence-electron chi connectivity index (χ4n) is 1.74. The average molecular weight is 276 g/mol. The third kappa shape index (κ3) is 5.78. The van der Waals surface area contributed by atoms with Crippen molar-refractivity contribution in [2.75, 3.05) is 6.61 Å². The van der Waals surface area contributed by atoms with E-state index in [2.05, 4.69) is 0 Å². The molecule has 1 rings (SSSR count). The molecule has 0 radical (unpaired) electrons. The highest BCUT2D eigenvalue weighted by Crippen LogP contribution is 2.09. The Bertz CT molecular complexity index is 474. The first-order valence-electron chi connectivity index (χ1n) is 6.80. The van der Waals surface area contributed by atoms with Crippen molar-refractivity contribution in [2.45, 2.75) is 39.5 Å². The van der Waals surface area contributed by atoms with E-state index in [0.29, 0.717) is 12.2 Å². The Labute approximate surface area is 119 Å². The van der Waals surface area contributed by atoms with E-state index in [9.17, 15) is 14.4 Å². The molecule has 0 atom stereocenters. The zero-order valence-corrected chi connectivity index (χ0v) is 12.0. The van der Waals surface area contributed by atoms with E-state index in [1.54, 1.807) is 19.1 Å². The Morgan fingerprint density at radius 3 is 2.15 bits per heavy atom. The zero-order chi connectivity index (χ0) is 15.0. The molecule has 4 heteroatoms. The summed E-state index contributed by atoms with van der Waals surface area (Å²) in [5.74, 6) is -0.501. The van der Waals surface area contributed by atoms with Crippen LogP contribution in [0.2, 0.25) is 0 Å². The highest BCUT2D eigenvalue weighted by atomic mass is 16.5. The van der Waals surface area contributed by atoms with Gasteiger partial charge in [0.1, 0.15) is 5.78 Å². The van der Waals surface area contributed by atoms with Crippen molar-refractivity contribution in [2.24, 2.45) is 0 Å². The van der Waals surface area contributed by atoms with E-state index in [-0.39, 0.29) is 43.2 Å². The van der Waals surface area contributed by atoms with Crippen molar-refractivity contribution in [3.05, 3.63) is 35.4 Å². The molecule has 0 N–H and O–H groups in total. The minimum absolute atomic E-state index is 0.0468. The number of hydrogen-bond acceptors (Lipinski definition) is 4. The maximum atomic E-state index is 11.9. The summed E-state index contributed by atoms with van der Waals surface area (Å²) in [4.78, 5) is 34.5. The van der Waals surface area contributed by atoms with Crippen LogP contribution in [0.3, 0.4) is 0 Å². The molecule has 0 unspecified atom stereocenters. The van der Waals surface area contributed by atoms with E-state index >= 15 is 0 Å². The van der Waals surface area contributed by atoms with Crippen LogP contribution in [0, 0.1) is 6.92 Å². The minimum Gasteiger partial charge on any atom is -0.466 e. The second-order valence-electron chi connectivity index (χ2n) is 4.63. The van der Waals surface area contributed by atoms with Crippen molar-refractivity contribution >= 4 is 17.5 Å². The molecule has 0 aromatic heterocycles. The summed E-state index contributed by atoms with van der Waals surface area (Å²) >= 11 is 0. The molecule has 108 valence electrons. The van der Waals surface area contributed by atoms with Gasteiger partial charge in [-0.2, -0.15) is 0 Å². The lowest BCUT2D eigenvalue weighted by atomic mass is 10.0. The maximum Gasteiger partial charge on any atom is 0.306 e. The topological polar surface area (TPSA) is 60.4 Å². The predicted octanol–water partition coefficient (Wildman–Crippen LogP) is 2.87. The lowest BCUT2D eigenvalue weighted by Gasteiger charge is -2.03. The van der Waals surface area contributed by atoms with Gasteiger partial charge in [0.2, 0.25) is 0 Å². The summed E-state index contributed by atoms with van der Waals surface area (Å²) in [6, 6.07) is 7.27. The van der Waals surface area contributed by atoms with Gasteiger partial charge >= 0.3 is 5.97 Å². The molecule has 0 saturated heterocycles. The molecular weight excluding hydrogens is 256 g/mol. The third-order valence-corrected chi connectivity index (χ3v) is 2.92. The van der Waals surface area contributed by atoms with Crippen LogP contribution in [0.25, 0.3) is 0 Å². The number of ether oxygens (including phenoxy) is 1. The monoisotopic (exact) mass is 276 g/mol. The standard InChI is InChI=1S/C16H20O4/c1-3-20-16(19)11-9-14(17)8-10-15(18)13-6-4-12(2)5-7-13/h4-7H,3,8-11H2,1-2H3. The highest BCUT2D eigenvalue weighted by molar-refractivity contribution is 5.98. The second-order valence-corrected chi connectivity index (χ2v) is 4.63. The van der Waals surface area contributed by atoms with Crippen molar-refractivity contribution in [1.82, 2.24) is 0 Å². The fourth-order valence-corrected chi connectivity index (χ4v) is 1.74. The zero-order valence-electron chi connectivity index (χ0n) is 12.0. The van der Waals surface area contributed by atoms with Gasteiger partial charge in [-0.15, -0.1) is 0 Å². The molecule has 4 nitrogen and oxygen atoms in total. The van der Waals surface area contributed by atoms with Gasteiger partial charge in [-0.1, -0.05) is 29.8 Å². The van der Waals surface area contributed by atoms with Crippen LogP contribution >= 0.6 is 0 Å². The first-order chi connectivity index (χ1) is 9.52. The lowest BCUT2D eigenvalue weighted by molar-refractivity contribution is -0.144. The van der Waals surface area contributed by atoms with Crippen LogP contribution in [-0.4, -0.2) is 24.1 Å². The van der Waals surface area contributed by atoms with Crippen LogP contribution in [0.15, 0.2) is 24.3 Å². The molecule has 0 amide bonds. The van der Waals surface area contributed by atoms with Crippen molar-refractivity contribution < 1.29 is 19.1 Å². The maximum absolute atomic E-state index is 11.9. The number of aryl methyl sites for hydroxylation is 1.